The van der Waals surface area contributed by atoms with Crippen LogP contribution in [0.4, 0.5) is 13.2 Å². The highest BCUT2D eigenvalue weighted by atomic mass is 19.4. The Morgan fingerprint density at radius 2 is 2.11 bits per heavy atom. The molecule has 0 saturated carbocycles. The van der Waals surface area contributed by atoms with Crippen LogP contribution in [0.5, 0.6) is 5.75 Å². The first kappa shape index (κ1) is 15.1. The van der Waals surface area contributed by atoms with Gasteiger partial charge in [-0.15, -0.1) is 0 Å². The first-order valence-electron chi connectivity index (χ1n) is 5.59. The lowest BCUT2D eigenvalue weighted by atomic mass is 10.1. The van der Waals surface area contributed by atoms with E-state index in [-0.39, 0.29) is 11.3 Å². The molecule has 1 aromatic carbocycles. The van der Waals surface area contributed by atoms with Gasteiger partial charge in [0.15, 0.2) is 0 Å². The van der Waals surface area contributed by atoms with Gasteiger partial charge in [-0.25, -0.2) is 4.79 Å². The summed E-state index contributed by atoms with van der Waals surface area (Å²) in [5.74, 6) is -1.19. The van der Waals surface area contributed by atoms with E-state index in [1.807, 2.05) is 6.92 Å². The molecule has 1 rings (SSSR count). The lowest BCUT2D eigenvalue weighted by molar-refractivity contribution is -0.138. The quantitative estimate of drug-likeness (QED) is 0.834. The van der Waals surface area contributed by atoms with Crippen LogP contribution in [-0.2, 0) is 11.0 Å². The van der Waals surface area contributed by atoms with Crippen LogP contribution >= 0.6 is 0 Å². The molecule has 0 aromatic heterocycles. The summed E-state index contributed by atoms with van der Waals surface area (Å²) in [4.78, 5) is 10.3. The molecule has 1 aromatic rings. The van der Waals surface area contributed by atoms with Crippen molar-refractivity contribution in [3.63, 3.8) is 0 Å². The molecule has 0 saturated heterocycles. The van der Waals surface area contributed by atoms with E-state index in [2.05, 4.69) is 0 Å². The maximum atomic E-state index is 12.8. The molecule has 0 unspecified atom stereocenters. The van der Waals surface area contributed by atoms with Gasteiger partial charge in [-0.05, 0) is 30.2 Å². The average Bonchev–Trinajstić information content (AvgIpc) is 2.33. The number of carboxylic acids is 1. The van der Waals surface area contributed by atoms with Crippen LogP contribution in [0.2, 0.25) is 0 Å². The predicted molar refractivity (Wildman–Crippen MR) is 63.9 cm³/mol. The molecule has 0 bridgehead atoms. The first-order valence-corrected chi connectivity index (χ1v) is 5.59. The fourth-order valence-corrected chi connectivity index (χ4v) is 1.40. The third-order valence-corrected chi connectivity index (χ3v) is 2.21. The topological polar surface area (TPSA) is 46.5 Å². The number of ether oxygens (including phenoxy) is 1. The van der Waals surface area contributed by atoms with Gasteiger partial charge in [0.1, 0.15) is 5.75 Å². The summed E-state index contributed by atoms with van der Waals surface area (Å²) < 4.78 is 43.6. The highest BCUT2D eigenvalue weighted by molar-refractivity contribution is 5.85. The minimum absolute atomic E-state index is 0.113. The molecule has 3 nitrogen and oxygen atoms in total. The molecule has 0 aliphatic heterocycles. The number of carbonyl (C=O) groups is 1. The molecule has 6 heteroatoms. The van der Waals surface area contributed by atoms with Crippen molar-refractivity contribution < 1.29 is 27.8 Å². The summed E-state index contributed by atoms with van der Waals surface area (Å²) in [5, 5.41) is 8.45. The lowest BCUT2D eigenvalue weighted by Crippen LogP contribution is -2.08. The van der Waals surface area contributed by atoms with Crippen LogP contribution in [0, 0.1) is 0 Å². The van der Waals surface area contributed by atoms with Gasteiger partial charge in [0.05, 0.1) is 12.2 Å². The highest BCUT2D eigenvalue weighted by Gasteiger charge is 2.33. The van der Waals surface area contributed by atoms with E-state index in [1.165, 1.54) is 12.1 Å². The summed E-state index contributed by atoms with van der Waals surface area (Å²) in [6.07, 6.45) is -2.31. The zero-order valence-corrected chi connectivity index (χ0v) is 10.2. The number of rotatable bonds is 5. The van der Waals surface area contributed by atoms with Crippen molar-refractivity contribution in [2.75, 3.05) is 6.61 Å². The summed E-state index contributed by atoms with van der Waals surface area (Å²) in [5.41, 5.74) is -1.13. The molecular weight excluding hydrogens is 261 g/mol. The summed E-state index contributed by atoms with van der Waals surface area (Å²) in [6, 6.07) is 3.44. The minimum Gasteiger partial charge on any atom is -0.494 e. The monoisotopic (exact) mass is 274 g/mol. The van der Waals surface area contributed by atoms with Gasteiger partial charge in [0.2, 0.25) is 0 Å². The second kappa shape index (κ2) is 6.26. The Hall–Kier alpha value is -1.98. The Balaban J connectivity index is 3.13. The van der Waals surface area contributed by atoms with Crippen molar-refractivity contribution in [2.45, 2.75) is 19.5 Å². The van der Waals surface area contributed by atoms with Crippen LogP contribution < -0.4 is 4.74 Å². The van der Waals surface area contributed by atoms with Crippen LogP contribution in [0.25, 0.3) is 6.08 Å². The van der Waals surface area contributed by atoms with Gasteiger partial charge in [-0.3, -0.25) is 0 Å². The molecule has 0 aliphatic rings. The molecular formula is C13H13F3O3. The normalized spacial score (nSPS) is 11.8. The molecule has 0 spiro atoms. The summed E-state index contributed by atoms with van der Waals surface area (Å²) in [7, 11) is 0. The van der Waals surface area contributed by atoms with E-state index in [4.69, 9.17) is 9.84 Å². The van der Waals surface area contributed by atoms with Crippen molar-refractivity contribution in [3.05, 3.63) is 35.4 Å². The number of aliphatic carboxylic acids is 1. The number of hydrogen-bond donors (Lipinski definition) is 1. The smallest absolute Gasteiger partial charge is 0.417 e. The lowest BCUT2D eigenvalue weighted by Gasteiger charge is -2.13. The van der Waals surface area contributed by atoms with E-state index in [0.717, 1.165) is 12.1 Å². The van der Waals surface area contributed by atoms with E-state index in [1.54, 1.807) is 0 Å². The standard InChI is InChI=1S/C13H13F3O3/c1-2-7-19-10-5-3-9(4-6-12(17)18)11(8-10)13(14,15)16/h3-6,8H,2,7H2,1H3,(H,17,18)/b6-4+. The Bertz CT molecular complexity index is 479. The second-order valence-corrected chi connectivity index (χ2v) is 3.77. The van der Waals surface area contributed by atoms with Crippen molar-refractivity contribution in [2.24, 2.45) is 0 Å². The minimum atomic E-state index is -4.57. The Labute approximate surface area is 108 Å². The zero-order valence-electron chi connectivity index (χ0n) is 10.2. The third-order valence-electron chi connectivity index (χ3n) is 2.21. The fraction of sp³-hybridized carbons (Fsp3) is 0.308. The molecule has 104 valence electrons. The molecule has 0 atom stereocenters. The van der Waals surface area contributed by atoms with Crippen molar-refractivity contribution in [1.82, 2.24) is 0 Å². The van der Waals surface area contributed by atoms with Crippen LogP contribution in [0.15, 0.2) is 24.3 Å². The summed E-state index contributed by atoms with van der Waals surface area (Å²) in [6.45, 7) is 2.16. The third kappa shape index (κ3) is 4.65. The number of carboxylic acid groups (broad SMARTS) is 1. The number of benzene rings is 1. The van der Waals surface area contributed by atoms with Gasteiger partial charge in [-0.2, -0.15) is 13.2 Å². The number of alkyl halides is 3. The second-order valence-electron chi connectivity index (χ2n) is 3.77. The number of hydrogen-bond acceptors (Lipinski definition) is 2. The van der Waals surface area contributed by atoms with E-state index >= 15 is 0 Å². The van der Waals surface area contributed by atoms with E-state index in [9.17, 15) is 18.0 Å². The molecule has 1 N–H and O–H groups in total. The predicted octanol–water partition coefficient (Wildman–Crippen LogP) is 3.59. The largest absolute Gasteiger partial charge is 0.494 e. The zero-order chi connectivity index (χ0) is 14.5. The Morgan fingerprint density at radius 3 is 2.63 bits per heavy atom. The maximum Gasteiger partial charge on any atom is 0.417 e. The van der Waals surface area contributed by atoms with E-state index < -0.39 is 17.7 Å². The SMILES string of the molecule is CCCOc1ccc(/C=C/C(=O)O)c(C(F)(F)F)c1. The van der Waals surface area contributed by atoms with Crippen molar-refractivity contribution >= 4 is 12.0 Å². The Kier molecular flexibility index (Phi) is 4.97. The van der Waals surface area contributed by atoms with Crippen LogP contribution in [0.3, 0.4) is 0 Å². The van der Waals surface area contributed by atoms with Crippen LogP contribution in [-0.4, -0.2) is 17.7 Å². The van der Waals surface area contributed by atoms with Gasteiger partial charge < -0.3 is 9.84 Å². The Morgan fingerprint density at radius 1 is 1.42 bits per heavy atom. The van der Waals surface area contributed by atoms with Gasteiger partial charge in [0.25, 0.3) is 0 Å². The molecule has 0 fully saturated rings. The highest BCUT2D eigenvalue weighted by Crippen LogP contribution is 2.35. The van der Waals surface area contributed by atoms with Crippen molar-refractivity contribution in [3.8, 4) is 5.75 Å². The van der Waals surface area contributed by atoms with E-state index in [0.29, 0.717) is 19.1 Å². The fourth-order valence-electron chi connectivity index (χ4n) is 1.40. The molecule has 0 radical (unpaired) electrons. The van der Waals surface area contributed by atoms with Gasteiger partial charge >= 0.3 is 12.1 Å². The molecule has 0 heterocycles. The average molecular weight is 274 g/mol. The molecule has 19 heavy (non-hydrogen) atoms. The van der Waals surface area contributed by atoms with Gasteiger partial charge in [0, 0.05) is 6.08 Å². The maximum absolute atomic E-state index is 12.8. The van der Waals surface area contributed by atoms with Crippen LogP contribution in [0.1, 0.15) is 24.5 Å². The first-order chi connectivity index (χ1) is 8.84. The molecule has 0 amide bonds. The van der Waals surface area contributed by atoms with Gasteiger partial charge in [-0.1, -0.05) is 13.0 Å². The molecule has 0 aliphatic carbocycles. The van der Waals surface area contributed by atoms with Crippen molar-refractivity contribution in [1.29, 1.82) is 0 Å². The summed E-state index contributed by atoms with van der Waals surface area (Å²) >= 11 is 0. The number of halogens is 3.